The molecule has 1 fully saturated rings. The molecule has 6 N–H and O–H groups in total. The second-order valence-electron chi connectivity index (χ2n) is 4.37. The van der Waals surface area contributed by atoms with Crippen molar-refractivity contribution in [2.24, 2.45) is 17.2 Å². The van der Waals surface area contributed by atoms with Gasteiger partial charge >= 0.3 is 0 Å². The first kappa shape index (κ1) is 9.96. The minimum atomic E-state index is -0.673. The molecule has 1 saturated carbocycles. The van der Waals surface area contributed by atoms with Gasteiger partial charge in [0.15, 0.2) is 0 Å². The van der Waals surface area contributed by atoms with Gasteiger partial charge in [0.1, 0.15) is 0 Å². The van der Waals surface area contributed by atoms with E-state index >= 15 is 0 Å². The summed E-state index contributed by atoms with van der Waals surface area (Å²) in [4.78, 5) is 0. The molecule has 0 heterocycles. The molecule has 1 atom stereocenters. The Labute approximate surface area is 74.7 Å². The van der Waals surface area contributed by atoms with Gasteiger partial charge in [-0.3, -0.25) is 0 Å². The Balaban J connectivity index is 2.66. The van der Waals surface area contributed by atoms with Crippen molar-refractivity contribution in [3.8, 4) is 0 Å². The zero-order chi connectivity index (χ0) is 9.24. The van der Waals surface area contributed by atoms with E-state index in [-0.39, 0.29) is 0 Å². The van der Waals surface area contributed by atoms with Crippen LogP contribution in [0.4, 0.5) is 0 Å². The largest absolute Gasteiger partial charge is 0.323 e. The average Bonchev–Trinajstić information content (AvgIpc) is 1.94. The highest BCUT2D eigenvalue weighted by Crippen LogP contribution is 2.27. The van der Waals surface area contributed by atoms with Crippen molar-refractivity contribution >= 4 is 0 Å². The Morgan fingerprint density at radius 1 is 0.833 bits per heavy atom. The van der Waals surface area contributed by atoms with E-state index in [4.69, 9.17) is 17.2 Å². The number of hydrogen-bond donors (Lipinski definition) is 3. The maximum absolute atomic E-state index is 6.08. The molecule has 1 aliphatic rings. The molecule has 0 aliphatic heterocycles. The number of rotatable bonds is 0. The van der Waals surface area contributed by atoms with E-state index in [1.54, 1.807) is 0 Å². The summed E-state index contributed by atoms with van der Waals surface area (Å²) in [5, 5.41) is 0. The molecule has 72 valence electrons. The van der Waals surface area contributed by atoms with Crippen LogP contribution in [0.15, 0.2) is 0 Å². The monoisotopic (exact) mass is 171 g/mol. The van der Waals surface area contributed by atoms with Crippen LogP contribution >= 0.6 is 0 Å². The molecule has 0 saturated heterocycles. The number of hydrogen-bond acceptors (Lipinski definition) is 3. The van der Waals surface area contributed by atoms with Crippen LogP contribution in [0.5, 0.6) is 0 Å². The quantitative estimate of drug-likeness (QED) is 0.469. The Hall–Kier alpha value is -0.120. The van der Waals surface area contributed by atoms with Gasteiger partial charge in [0, 0.05) is 5.54 Å². The minimum Gasteiger partial charge on any atom is -0.323 e. The van der Waals surface area contributed by atoms with Gasteiger partial charge < -0.3 is 17.2 Å². The molecule has 0 amide bonds. The zero-order valence-corrected chi connectivity index (χ0v) is 7.97. The second kappa shape index (κ2) is 3.32. The summed E-state index contributed by atoms with van der Waals surface area (Å²) in [5.74, 6) is 0. The fourth-order valence-electron chi connectivity index (χ4n) is 1.78. The van der Waals surface area contributed by atoms with E-state index < -0.39 is 11.2 Å². The van der Waals surface area contributed by atoms with Crippen molar-refractivity contribution in [1.29, 1.82) is 0 Å². The van der Waals surface area contributed by atoms with E-state index in [1.807, 2.05) is 6.92 Å². The highest BCUT2D eigenvalue weighted by Gasteiger charge is 2.38. The maximum atomic E-state index is 6.08. The van der Waals surface area contributed by atoms with Crippen molar-refractivity contribution in [1.82, 2.24) is 0 Å². The first-order valence-electron chi connectivity index (χ1n) is 4.82. The Kier molecular flexibility index (Phi) is 2.76. The molecular formula is C9H21N3. The molecule has 0 aromatic heterocycles. The zero-order valence-electron chi connectivity index (χ0n) is 7.97. The van der Waals surface area contributed by atoms with Gasteiger partial charge in [0.25, 0.3) is 0 Å². The molecule has 0 aromatic rings. The molecule has 0 aromatic carbocycles. The maximum Gasteiger partial charge on any atom is 0.0818 e. The molecule has 1 aliphatic carbocycles. The third kappa shape index (κ3) is 1.97. The van der Waals surface area contributed by atoms with Crippen LogP contribution in [0, 0.1) is 0 Å². The van der Waals surface area contributed by atoms with E-state index in [2.05, 4.69) is 0 Å². The second-order valence-corrected chi connectivity index (χ2v) is 4.37. The van der Waals surface area contributed by atoms with Gasteiger partial charge in [0.2, 0.25) is 0 Å². The van der Waals surface area contributed by atoms with E-state index in [9.17, 15) is 0 Å². The van der Waals surface area contributed by atoms with E-state index in [0.717, 1.165) is 25.7 Å². The van der Waals surface area contributed by atoms with Crippen LogP contribution < -0.4 is 17.2 Å². The predicted octanol–water partition coefficient (Wildman–Crippen LogP) is 0.672. The highest BCUT2D eigenvalue weighted by molar-refractivity contribution is 5.00. The Morgan fingerprint density at radius 2 is 1.33 bits per heavy atom. The lowest BCUT2D eigenvalue weighted by atomic mass is 9.78. The van der Waals surface area contributed by atoms with Crippen molar-refractivity contribution in [2.75, 3.05) is 0 Å². The summed E-state index contributed by atoms with van der Waals surface area (Å²) < 4.78 is 0. The lowest BCUT2D eigenvalue weighted by molar-refractivity contribution is 0.192. The fourth-order valence-corrected chi connectivity index (χ4v) is 1.78. The number of nitrogens with two attached hydrogens (primary N) is 3. The van der Waals surface area contributed by atoms with Crippen LogP contribution in [0.25, 0.3) is 0 Å². The normalized spacial score (nSPS) is 37.0. The van der Waals surface area contributed by atoms with Crippen LogP contribution in [0.2, 0.25) is 0 Å². The molecular weight excluding hydrogens is 150 g/mol. The molecule has 1 unspecified atom stereocenters. The smallest absolute Gasteiger partial charge is 0.0818 e. The summed E-state index contributed by atoms with van der Waals surface area (Å²) in [5.41, 5.74) is 17.0. The fraction of sp³-hybridized carbons (Fsp3) is 1.00. The summed E-state index contributed by atoms with van der Waals surface area (Å²) in [6, 6.07) is 0. The SMILES string of the molecule is CC1(N)CCCCCCC1(N)N. The molecule has 12 heavy (non-hydrogen) atoms. The predicted molar refractivity (Wildman–Crippen MR) is 51.4 cm³/mol. The molecule has 1 rings (SSSR count). The summed E-state index contributed by atoms with van der Waals surface area (Å²) >= 11 is 0. The van der Waals surface area contributed by atoms with Crippen molar-refractivity contribution < 1.29 is 0 Å². The molecule has 0 spiro atoms. The third-order valence-corrected chi connectivity index (χ3v) is 3.10. The average molecular weight is 171 g/mol. The minimum absolute atomic E-state index is 0.395. The van der Waals surface area contributed by atoms with Crippen molar-refractivity contribution in [3.63, 3.8) is 0 Å². The standard InChI is InChI=1S/C9H21N3/c1-8(10)6-4-2-3-5-7-9(8,11)12/h2-7,10-12H2,1H3. The first-order chi connectivity index (χ1) is 5.46. The lowest BCUT2D eigenvalue weighted by Crippen LogP contribution is -2.70. The van der Waals surface area contributed by atoms with Gasteiger partial charge in [-0.05, 0) is 19.8 Å². The van der Waals surface area contributed by atoms with E-state index in [0.29, 0.717) is 0 Å². The van der Waals surface area contributed by atoms with Crippen LogP contribution in [-0.4, -0.2) is 11.2 Å². The lowest BCUT2D eigenvalue weighted by Gasteiger charge is -2.42. The topological polar surface area (TPSA) is 78.1 Å². The Bertz CT molecular complexity index is 134. The summed E-state index contributed by atoms with van der Waals surface area (Å²) in [6.07, 6.45) is 6.57. The summed E-state index contributed by atoms with van der Waals surface area (Å²) in [7, 11) is 0. The third-order valence-electron chi connectivity index (χ3n) is 3.10. The molecule has 0 bridgehead atoms. The van der Waals surface area contributed by atoms with Gasteiger partial charge in [0.05, 0.1) is 5.66 Å². The summed E-state index contributed by atoms with van der Waals surface area (Å²) in [6.45, 7) is 1.97. The van der Waals surface area contributed by atoms with E-state index in [1.165, 1.54) is 12.8 Å². The van der Waals surface area contributed by atoms with Crippen LogP contribution in [-0.2, 0) is 0 Å². The molecule has 3 nitrogen and oxygen atoms in total. The highest BCUT2D eigenvalue weighted by atomic mass is 15.1. The Morgan fingerprint density at radius 3 is 1.92 bits per heavy atom. The first-order valence-corrected chi connectivity index (χ1v) is 4.82. The van der Waals surface area contributed by atoms with Gasteiger partial charge in [-0.1, -0.05) is 25.7 Å². The van der Waals surface area contributed by atoms with Gasteiger partial charge in [-0.2, -0.15) is 0 Å². The van der Waals surface area contributed by atoms with Gasteiger partial charge in [-0.15, -0.1) is 0 Å². The van der Waals surface area contributed by atoms with Crippen molar-refractivity contribution in [3.05, 3.63) is 0 Å². The molecule has 3 heteroatoms. The van der Waals surface area contributed by atoms with Crippen LogP contribution in [0.3, 0.4) is 0 Å². The van der Waals surface area contributed by atoms with Gasteiger partial charge in [-0.25, -0.2) is 0 Å². The molecule has 0 radical (unpaired) electrons. The van der Waals surface area contributed by atoms with Crippen molar-refractivity contribution in [2.45, 2.75) is 56.7 Å². The van der Waals surface area contributed by atoms with Crippen LogP contribution in [0.1, 0.15) is 45.4 Å².